The molecule has 0 saturated heterocycles. The number of halogens is 3. The molecular formula is C11H8ClF2N3O. The number of anilines is 1. The molecule has 0 unspecified atom stereocenters. The van der Waals surface area contributed by atoms with E-state index in [2.05, 4.69) is 16.6 Å². The van der Waals surface area contributed by atoms with E-state index in [1.807, 2.05) is 5.32 Å². The zero-order valence-corrected chi connectivity index (χ0v) is 10.3. The summed E-state index contributed by atoms with van der Waals surface area (Å²) in [6, 6.07) is 0. The lowest BCUT2D eigenvalue weighted by Gasteiger charge is -2.06. The molecule has 1 N–H and O–H groups in total. The Morgan fingerprint density at radius 3 is 2.78 bits per heavy atom. The van der Waals surface area contributed by atoms with Gasteiger partial charge < -0.3 is 5.32 Å². The third-order valence-electron chi connectivity index (χ3n) is 2.42. The molecule has 0 fully saturated rings. The summed E-state index contributed by atoms with van der Waals surface area (Å²) in [5.74, 6) is -1.42. The molecule has 0 aliphatic heterocycles. The van der Waals surface area contributed by atoms with Gasteiger partial charge in [0, 0.05) is 12.6 Å². The zero-order valence-electron chi connectivity index (χ0n) is 9.51. The lowest BCUT2D eigenvalue weighted by Crippen LogP contribution is -2.21. The van der Waals surface area contributed by atoms with Crippen molar-refractivity contribution in [2.75, 3.05) is 5.32 Å². The Kier molecular flexibility index (Phi) is 3.09. The average molecular weight is 272 g/mol. The maximum atomic E-state index is 12.2. The Morgan fingerprint density at radius 2 is 2.17 bits per heavy atom. The number of hydrogen-bond acceptors (Lipinski definition) is 2. The highest BCUT2D eigenvalue weighted by atomic mass is 35.5. The van der Waals surface area contributed by atoms with Gasteiger partial charge in [-0.3, -0.25) is 9.48 Å². The molecule has 2 rings (SSSR count). The molecule has 0 saturated carbocycles. The number of hydrogen-bond donors (Lipinski definition) is 1. The van der Waals surface area contributed by atoms with Gasteiger partial charge in [0.1, 0.15) is 5.03 Å². The van der Waals surface area contributed by atoms with Gasteiger partial charge in [-0.2, -0.15) is 13.9 Å². The SMILES string of the molecule is CC1=C=C=C(Cl)c2c(NC(=O)C(F)F)nn(C)c21. The van der Waals surface area contributed by atoms with E-state index in [0.29, 0.717) is 16.8 Å². The van der Waals surface area contributed by atoms with Crippen molar-refractivity contribution < 1.29 is 13.6 Å². The largest absolute Gasteiger partial charge is 0.315 e. The Bertz CT molecular complexity index is 635. The number of nitrogens with zero attached hydrogens (tertiary/aromatic N) is 2. The lowest BCUT2D eigenvalue weighted by molar-refractivity contribution is -0.126. The van der Waals surface area contributed by atoms with E-state index in [9.17, 15) is 13.6 Å². The highest BCUT2D eigenvalue weighted by Crippen LogP contribution is 2.34. The van der Waals surface area contributed by atoms with Crippen molar-refractivity contribution in [1.29, 1.82) is 0 Å². The first-order valence-electron chi connectivity index (χ1n) is 4.96. The normalized spacial score (nSPS) is 13.2. The average Bonchev–Trinajstić information content (AvgIpc) is 2.62. The maximum Gasteiger partial charge on any atom is 0.315 e. The predicted octanol–water partition coefficient (Wildman–Crippen LogP) is 2.37. The van der Waals surface area contributed by atoms with Gasteiger partial charge in [0.2, 0.25) is 0 Å². The van der Waals surface area contributed by atoms with Crippen LogP contribution in [0.2, 0.25) is 0 Å². The molecule has 0 bridgehead atoms. The van der Waals surface area contributed by atoms with E-state index >= 15 is 0 Å². The van der Waals surface area contributed by atoms with Crippen molar-refractivity contribution in [3.8, 4) is 0 Å². The van der Waals surface area contributed by atoms with Crippen molar-refractivity contribution in [2.24, 2.45) is 7.05 Å². The Balaban J connectivity index is 2.50. The molecule has 7 heteroatoms. The second kappa shape index (κ2) is 4.42. The second-order valence-electron chi connectivity index (χ2n) is 3.67. The van der Waals surface area contributed by atoms with E-state index in [4.69, 9.17) is 11.6 Å². The molecule has 1 aliphatic rings. The molecule has 1 aromatic heterocycles. The van der Waals surface area contributed by atoms with Gasteiger partial charge in [-0.25, -0.2) is 0 Å². The molecule has 0 aromatic carbocycles. The van der Waals surface area contributed by atoms with Crippen LogP contribution in [0.3, 0.4) is 0 Å². The standard InChI is InChI=1S/C11H8ClF2N3O/c1-5-3-4-6(12)7-8(5)17(2)16-10(7)15-11(18)9(13)14/h9H,1-2H3,(H,15,16,18). The van der Waals surface area contributed by atoms with Gasteiger partial charge in [-0.1, -0.05) is 17.3 Å². The van der Waals surface area contributed by atoms with Crippen LogP contribution >= 0.6 is 11.6 Å². The third-order valence-corrected chi connectivity index (χ3v) is 2.70. The quantitative estimate of drug-likeness (QED) is 0.840. The van der Waals surface area contributed by atoms with Crippen LogP contribution < -0.4 is 5.32 Å². The van der Waals surface area contributed by atoms with Crippen molar-refractivity contribution in [3.63, 3.8) is 0 Å². The first kappa shape index (κ1) is 12.6. The number of nitrogens with one attached hydrogen (secondary N) is 1. The second-order valence-corrected chi connectivity index (χ2v) is 4.05. The Morgan fingerprint density at radius 1 is 1.50 bits per heavy atom. The smallest absolute Gasteiger partial charge is 0.304 e. The number of carbonyl (C=O) groups is 1. The Hall–Kier alpha value is -1.87. The molecular weight excluding hydrogens is 264 g/mol. The summed E-state index contributed by atoms with van der Waals surface area (Å²) >= 11 is 5.93. The van der Waals surface area contributed by atoms with Crippen LogP contribution in [0.1, 0.15) is 18.2 Å². The fourth-order valence-electron chi connectivity index (χ4n) is 1.69. The third kappa shape index (κ3) is 1.97. The molecule has 0 atom stereocenters. The molecule has 1 aliphatic carbocycles. The monoisotopic (exact) mass is 271 g/mol. The first-order valence-corrected chi connectivity index (χ1v) is 5.34. The molecule has 18 heavy (non-hydrogen) atoms. The molecule has 1 amide bonds. The minimum Gasteiger partial charge on any atom is -0.304 e. The van der Waals surface area contributed by atoms with Gasteiger partial charge in [-0.05, 0) is 12.7 Å². The van der Waals surface area contributed by atoms with Crippen molar-refractivity contribution >= 4 is 33.9 Å². The van der Waals surface area contributed by atoms with Gasteiger partial charge in [0.25, 0.3) is 5.91 Å². The van der Waals surface area contributed by atoms with E-state index < -0.39 is 12.3 Å². The van der Waals surface area contributed by atoms with Gasteiger partial charge in [-0.15, -0.1) is 0 Å². The van der Waals surface area contributed by atoms with Gasteiger partial charge in [0.05, 0.1) is 11.3 Å². The molecule has 94 valence electrons. The Labute approximate surface area is 106 Å². The predicted molar refractivity (Wildman–Crippen MR) is 63.2 cm³/mol. The summed E-state index contributed by atoms with van der Waals surface area (Å²) in [4.78, 5) is 11.0. The zero-order chi connectivity index (χ0) is 13.4. The maximum absolute atomic E-state index is 12.2. The summed E-state index contributed by atoms with van der Waals surface area (Å²) in [6.07, 6.45) is -3.11. The van der Waals surface area contributed by atoms with E-state index in [1.54, 1.807) is 14.0 Å². The summed E-state index contributed by atoms with van der Waals surface area (Å²) < 4.78 is 25.9. The van der Waals surface area contributed by atoms with Crippen LogP contribution in [0.25, 0.3) is 10.6 Å². The number of allylic oxidation sites excluding steroid dienone is 1. The van der Waals surface area contributed by atoms with Crippen molar-refractivity contribution in [2.45, 2.75) is 13.3 Å². The fraction of sp³-hybridized carbons (Fsp3) is 0.273. The number of fused-ring (bicyclic) bond motifs is 1. The van der Waals surface area contributed by atoms with Crippen molar-refractivity contribution in [1.82, 2.24) is 9.78 Å². The van der Waals surface area contributed by atoms with E-state index in [-0.39, 0.29) is 10.9 Å². The van der Waals surface area contributed by atoms with Crippen LogP contribution in [0, 0.1) is 0 Å². The number of carbonyl (C=O) groups excluding carboxylic acids is 1. The van der Waals surface area contributed by atoms with E-state index in [1.165, 1.54) is 4.68 Å². The van der Waals surface area contributed by atoms with Crippen LogP contribution in [-0.4, -0.2) is 22.1 Å². The lowest BCUT2D eigenvalue weighted by atomic mass is 10.1. The first-order chi connectivity index (χ1) is 8.41. The van der Waals surface area contributed by atoms with Crippen LogP contribution in [0.5, 0.6) is 0 Å². The summed E-state index contributed by atoms with van der Waals surface area (Å²) in [5, 5.41) is 6.17. The van der Waals surface area contributed by atoms with Crippen molar-refractivity contribution in [3.05, 3.63) is 22.7 Å². The number of aromatic nitrogens is 2. The van der Waals surface area contributed by atoms with Crippen LogP contribution in [-0.2, 0) is 11.8 Å². The number of rotatable bonds is 2. The summed E-state index contributed by atoms with van der Waals surface area (Å²) in [5.41, 5.74) is 7.14. The fourth-order valence-corrected chi connectivity index (χ4v) is 1.92. The number of amides is 1. The molecule has 0 radical (unpaired) electrons. The number of aryl methyl sites for hydroxylation is 1. The van der Waals surface area contributed by atoms with Crippen LogP contribution in [0.15, 0.2) is 11.5 Å². The van der Waals surface area contributed by atoms with Gasteiger partial charge in [0.15, 0.2) is 5.82 Å². The van der Waals surface area contributed by atoms with Gasteiger partial charge >= 0.3 is 6.43 Å². The summed E-state index contributed by atoms with van der Waals surface area (Å²) in [6.45, 7) is 1.76. The molecule has 1 aromatic rings. The minimum atomic E-state index is -3.11. The van der Waals surface area contributed by atoms with Crippen LogP contribution in [0.4, 0.5) is 14.6 Å². The number of alkyl halides is 2. The molecule has 4 nitrogen and oxygen atoms in total. The highest BCUT2D eigenvalue weighted by Gasteiger charge is 2.25. The summed E-state index contributed by atoms with van der Waals surface area (Å²) in [7, 11) is 1.62. The molecule has 1 heterocycles. The highest BCUT2D eigenvalue weighted by molar-refractivity contribution is 6.49. The van der Waals surface area contributed by atoms with E-state index in [0.717, 1.165) is 0 Å². The topological polar surface area (TPSA) is 46.9 Å². The molecule has 0 spiro atoms. The minimum absolute atomic E-state index is 0.00356.